The van der Waals surface area contributed by atoms with Gasteiger partial charge in [-0.1, -0.05) is 6.07 Å². The maximum absolute atomic E-state index is 9.10. The summed E-state index contributed by atoms with van der Waals surface area (Å²) in [7, 11) is 0. The van der Waals surface area contributed by atoms with Gasteiger partial charge in [-0.25, -0.2) is 4.68 Å². The highest BCUT2D eigenvalue weighted by atomic mass is 16.3. The fraction of sp³-hybridized carbons (Fsp3) is 0.353. The molecule has 1 aromatic carbocycles. The Labute approximate surface area is 140 Å². The molecule has 0 aliphatic rings. The Hall–Kier alpha value is -2.67. The lowest BCUT2D eigenvalue weighted by Crippen LogP contribution is -2.10. The topological polar surface area (TPSA) is 80.8 Å². The lowest BCUT2D eigenvalue weighted by atomic mass is 10.1. The van der Waals surface area contributed by atoms with Gasteiger partial charge in [0.15, 0.2) is 0 Å². The van der Waals surface area contributed by atoms with Crippen LogP contribution in [0.5, 0.6) is 0 Å². The molecule has 24 heavy (non-hydrogen) atoms. The van der Waals surface area contributed by atoms with Crippen molar-refractivity contribution in [2.24, 2.45) is 0 Å². The summed E-state index contributed by atoms with van der Waals surface area (Å²) in [4.78, 5) is 1.65. The minimum atomic E-state index is 0.0543. The molecule has 2 heterocycles. The van der Waals surface area contributed by atoms with Gasteiger partial charge in [-0.2, -0.15) is 20.1 Å². The van der Waals surface area contributed by atoms with Gasteiger partial charge in [0, 0.05) is 6.07 Å². The summed E-state index contributed by atoms with van der Waals surface area (Å²) >= 11 is 0. The van der Waals surface area contributed by atoms with Crippen molar-refractivity contribution >= 4 is 5.82 Å². The number of aromatic nitrogens is 5. The predicted octanol–water partition coefficient (Wildman–Crippen LogP) is 1.99. The van der Waals surface area contributed by atoms with Crippen molar-refractivity contribution in [3.8, 4) is 5.69 Å². The van der Waals surface area contributed by atoms with E-state index in [4.69, 9.17) is 5.11 Å². The summed E-state index contributed by atoms with van der Waals surface area (Å²) in [5, 5.41) is 25.6. The van der Waals surface area contributed by atoms with Crippen molar-refractivity contribution in [2.75, 3.05) is 11.9 Å². The van der Waals surface area contributed by atoms with Crippen LogP contribution >= 0.6 is 0 Å². The Morgan fingerprint density at radius 3 is 2.50 bits per heavy atom. The van der Waals surface area contributed by atoms with E-state index in [1.165, 1.54) is 11.1 Å². The molecule has 2 N–H and O–H groups in total. The number of anilines is 1. The van der Waals surface area contributed by atoms with Crippen LogP contribution in [0.15, 0.2) is 30.5 Å². The average Bonchev–Trinajstić information content (AvgIpc) is 3.11. The highest BCUT2D eigenvalue weighted by Crippen LogP contribution is 2.13. The number of hydrogen-bond donors (Lipinski definition) is 2. The number of benzene rings is 1. The van der Waals surface area contributed by atoms with E-state index in [2.05, 4.69) is 52.7 Å². The van der Waals surface area contributed by atoms with Crippen LogP contribution in [0.2, 0.25) is 0 Å². The smallest absolute Gasteiger partial charge is 0.124 e. The Morgan fingerprint density at radius 1 is 1.04 bits per heavy atom. The Morgan fingerprint density at radius 2 is 1.79 bits per heavy atom. The number of aliphatic hydroxyl groups is 1. The van der Waals surface area contributed by atoms with Gasteiger partial charge in [-0.05, 0) is 44.0 Å². The first kappa shape index (κ1) is 16.2. The van der Waals surface area contributed by atoms with E-state index >= 15 is 0 Å². The molecule has 7 nitrogen and oxygen atoms in total. The summed E-state index contributed by atoms with van der Waals surface area (Å²) in [5.41, 5.74) is 5.07. The molecule has 3 rings (SSSR count). The van der Waals surface area contributed by atoms with E-state index in [0.717, 1.165) is 22.9 Å². The summed E-state index contributed by atoms with van der Waals surface area (Å²) in [5.74, 6) is 0.863. The summed E-state index contributed by atoms with van der Waals surface area (Å²) in [6.07, 6.45) is 1.75. The molecule has 3 aromatic rings. The van der Waals surface area contributed by atoms with E-state index < -0.39 is 0 Å². The van der Waals surface area contributed by atoms with Gasteiger partial charge in [0.2, 0.25) is 0 Å². The monoisotopic (exact) mass is 326 g/mol. The van der Waals surface area contributed by atoms with Crippen LogP contribution in [0.1, 0.15) is 22.5 Å². The summed E-state index contributed by atoms with van der Waals surface area (Å²) in [6.45, 7) is 7.11. The standard InChI is InChI=1S/C17H22N6O/c1-12-6-13(2)8-16(7-12)23-19-11-15(21-23)10-18-17-9-14(3)20-22(17)4-5-24/h6-9,11,18,24H,4-5,10H2,1-3H3. The molecule has 0 saturated carbocycles. The molecule has 0 aliphatic carbocycles. The fourth-order valence-corrected chi connectivity index (χ4v) is 2.70. The molecule has 126 valence electrons. The third-order valence-electron chi connectivity index (χ3n) is 3.64. The molecule has 2 aromatic heterocycles. The van der Waals surface area contributed by atoms with Crippen LogP contribution in [0.4, 0.5) is 5.82 Å². The van der Waals surface area contributed by atoms with Crippen molar-refractivity contribution in [2.45, 2.75) is 33.9 Å². The van der Waals surface area contributed by atoms with Crippen LogP contribution in [0.3, 0.4) is 0 Å². The third kappa shape index (κ3) is 3.62. The average molecular weight is 326 g/mol. The zero-order valence-electron chi connectivity index (χ0n) is 14.2. The SMILES string of the molecule is Cc1cc(C)cc(-n2ncc(CNc3cc(C)nn3CCO)n2)c1. The first-order valence-corrected chi connectivity index (χ1v) is 7.94. The molecule has 7 heteroatoms. The van der Waals surface area contributed by atoms with Gasteiger partial charge in [-0.3, -0.25) is 0 Å². The molecule has 0 unspecified atom stereocenters. The molecular formula is C17H22N6O. The van der Waals surface area contributed by atoms with Crippen LogP contribution in [0, 0.1) is 20.8 Å². The molecule has 0 radical (unpaired) electrons. The summed E-state index contributed by atoms with van der Waals surface area (Å²) in [6, 6.07) is 8.19. The van der Waals surface area contributed by atoms with Crippen molar-refractivity contribution < 1.29 is 5.11 Å². The van der Waals surface area contributed by atoms with Crippen molar-refractivity contribution in [3.05, 3.63) is 53.0 Å². The molecule has 0 spiro atoms. The second kappa shape index (κ2) is 6.84. The second-order valence-electron chi connectivity index (χ2n) is 5.94. The number of aryl methyl sites for hydroxylation is 3. The van der Waals surface area contributed by atoms with Gasteiger partial charge in [0.1, 0.15) is 11.5 Å². The van der Waals surface area contributed by atoms with E-state index in [1.807, 2.05) is 13.0 Å². The van der Waals surface area contributed by atoms with E-state index in [1.54, 1.807) is 15.7 Å². The van der Waals surface area contributed by atoms with Crippen LogP contribution in [-0.4, -0.2) is 36.5 Å². The van der Waals surface area contributed by atoms with Crippen LogP contribution in [0.25, 0.3) is 5.69 Å². The lowest BCUT2D eigenvalue weighted by molar-refractivity contribution is 0.270. The highest BCUT2D eigenvalue weighted by Gasteiger charge is 2.07. The predicted molar refractivity (Wildman–Crippen MR) is 92.2 cm³/mol. The second-order valence-corrected chi connectivity index (χ2v) is 5.94. The summed E-state index contributed by atoms with van der Waals surface area (Å²) < 4.78 is 1.75. The molecule has 0 atom stereocenters. The van der Waals surface area contributed by atoms with Gasteiger partial charge < -0.3 is 10.4 Å². The van der Waals surface area contributed by atoms with Gasteiger partial charge >= 0.3 is 0 Å². The number of nitrogens with one attached hydrogen (secondary N) is 1. The lowest BCUT2D eigenvalue weighted by Gasteiger charge is -2.07. The maximum atomic E-state index is 9.10. The number of nitrogens with zero attached hydrogens (tertiary/aromatic N) is 5. The maximum Gasteiger partial charge on any atom is 0.124 e. The minimum absolute atomic E-state index is 0.0543. The van der Waals surface area contributed by atoms with Crippen molar-refractivity contribution in [1.29, 1.82) is 0 Å². The van der Waals surface area contributed by atoms with Crippen molar-refractivity contribution in [1.82, 2.24) is 24.8 Å². The Balaban J connectivity index is 1.72. The van der Waals surface area contributed by atoms with Gasteiger partial charge in [0.25, 0.3) is 0 Å². The first-order chi connectivity index (χ1) is 11.5. The molecule has 0 saturated heterocycles. The third-order valence-corrected chi connectivity index (χ3v) is 3.64. The minimum Gasteiger partial charge on any atom is -0.394 e. The van der Waals surface area contributed by atoms with Crippen LogP contribution in [-0.2, 0) is 13.1 Å². The van der Waals surface area contributed by atoms with Crippen LogP contribution < -0.4 is 5.32 Å². The zero-order valence-corrected chi connectivity index (χ0v) is 14.2. The Kier molecular flexibility index (Phi) is 4.61. The highest BCUT2D eigenvalue weighted by molar-refractivity contribution is 5.39. The number of aliphatic hydroxyl groups excluding tert-OH is 1. The van der Waals surface area contributed by atoms with Crippen molar-refractivity contribution in [3.63, 3.8) is 0 Å². The van der Waals surface area contributed by atoms with Gasteiger partial charge in [0.05, 0.1) is 37.3 Å². The molecule has 0 bridgehead atoms. The molecule has 0 amide bonds. The number of rotatable bonds is 6. The van der Waals surface area contributed by atoms with E-state index in [-0.39, 0.29) is 6.61 Å². The zero-order chi connectivity index (χ0) is 17.1. The number of hydrogen-bond acceptors (Lipinski definition) is 5. The first-order valence-electron chi connectivity index (χ1n) is 7.94. The molecule has 0 aliphatic heterocycles. The largest absolute Gasteiger partial charge is 0.394 e. The van der Waals surface area contributed by atoms with E-state index in [9.17, 15) is 0 Å². The van der Waals surface area contributed by atoms with E-state index in [0.29, 0.717) is 13.1 Å². The molecular weight excluding hydrogens is 304 g/mol. The quantitative estimate of drug-likeness (QED) is 0.724. The van der Waals surface area contributed by atoms with Gasteiger partial charge in [-0.15, -0.1) is 0 Å². The molecule has 0 fully saturated rings. The normalized spacial score (nSPS) is 11.0. The fourth-order valence-electron chi connectivity index (χ4n) is 2.70. The Bertz CT molecular complexity index is 815.